The molecule has 1 atom stereocenters. The molecule has 1 unspecified atom stereocenters. The van der Waals surface area contributed by atoms with Crippen LogP contribution in [0.3, 0.4) is 0 Å². The minimum absolute atomic E-state index is 0.0500. The van der Waals surface area contributed by atoms with E-state index < -0.39 is 34.7 Å². The van der Waals surface area contributed by atoms with Crippen LogP contribution in [0.1, 0.15) is 30.0 Å². The molecule has 1 aromatic heterocycles. The first-order valence-electron chi connectivity index (χ1n) is 8.53. The predicted octanol–water partition coefficient (Wildman–Crippen LogP) is 2.18. The monoisotopic (exact) mass is 401 g/mol. The predicted molar refractivity (Wildman–Crippen MR) is 102 cm³/mol. The average Bonchev–Trinajstić information content (AvgIpc) is 3.20. The number of nitrogens with zero attached hydrogens (tertiary/aromatic N) is 1. The number of hydrogen-bond donors (Lipinski definition) is 3. The second kappa shape index (κ2) is 9.31. The summed E-state index contributed by atoms with van der Waals surface area (Å²) in [6.07, 6.45) is 2.56. The lowest BCUT2D eigenvalue weighted by atomic mass is 10.0. The fourth-order valence-electron chi connectivity index (χ4n) is 2.34. The molecule has 1 heterocycles. The summed E-state index contributed by atoms with van der Waals surface area (Å²) in [5, 5.41) is 24.8. The van der Waals surface area contributed by atoms with Gasteiger partial charge in [0.15, 0.2) is 5.76 Å². The number of carbonyl (C=O) groups is 3. The van der Waals surface area contributed by atoms with Crippen molar-refractivity contribution in [2.24, 2.45) is 5.92 Å². The molecule has 2 amide bonds. The molecule has 0 aliphatic rings. The van der Waals surface area contributed by atoms with Crippen LogP contribution in [0.15, 0.2) is 52.8 Å². The van der Waals surface area contributed by atoms with Gasteiger partial charge in [-0.15, -0.1) is 0 Å². The number of non-ortho nitro benzene ring substituents is 1. The van der Waals surface area contributed by atoms with Crippen molar-refractivity contribution in [1.29, 1.82) is 0 Å². The molecule has 2 rings (SSSR count). The van der Waals surface area contributed by atoms with Crippen LogP contribution in [0.4, 0.5) is 5.69 Å². The van der Waals surface area contributed by atoms with E-state index in [9.17, 15) is 29.6 Å². The number of carboxylic acid groups (broad SMARTS) is 1. The van der Waals surface area contributed by atoms with E-state index in [-0.39, 0.29) is 17.1 Å². The number of carboxylic acids is 1. The molecule has 3 N–H and O–H groups in total. The van der Waals surface area contributed by atoms with E-state index in [1.54, 1.807) is 13.8 Å². The third kappa shape index (κ3) is 5.76. The molecular formula is C19H19N3O7. The maximum Gasteiger partial charge on any atom is 0.326 e. The second-order valence-corrected chi connectivity index (χ2v) is 6.37. The first-order valence-corrected chi connectivity index (χ1v) is 8.53. The summed E-state index contributed by atoms with van der Waals surface area (Å²) in [7, 11) is 0. The lowest BCUT2D eigenvalue weighted by Gasteiger charge is -2.19. The summed E-state index contributed by atoms with van der Waals surface area (Å²) >= 11 is 0. The van der Waals surface area contributed by atoms with E-state index in [1.807, 2.05) is 0 Å². The lowest BCUT2D eigenvalue weighted by molar-refractivity contribution is -0.384. The Bertz CT molecular complexity index is 931. The second-order valence-electron chi connectivity index (χ2n) is 6.37. The number of aliphatic carboxylic acids is 1. The summed E-state index contributed by atoms with van der Waals surface area (Å²) in [5.41, 5.74) is 0.00240. The fraction of sp³-hybridized carbons (Fsp3) is 0.211. The molecule has 29 heavy (non-hydrogen) atoms. The van der Waals surface area contributed by atoms with Gasteiger partial charge in [-0.25, -0.2) is 4.79 Å². The van der Waals surface area contributed by atoms with Crippen molar-refractivity contribution in [3.63, 3.8) is 0 Å². The molecule has 0 aliphatic carbocycles. The first kappa shape index (κ1) is 21.4. The van der Waals surface area contributed by atoms with Crippen LogP contribution < -0.4 is 10.6 Å². The molecule has 0 bridgehead atoms. The Morgan fingerprint density at radius 2 is 1.83 bits per heavy atom. The maximum absolute atomic E-state index is 12.7. The topological polar surface area (TPSA) is 152 Å². The number of amides is 2. The molecule has 0 radical (unpaired) electrons. The van der Waals surface area contributed by atoms with Gasteiger partial charge in [-0.3, -0.25) is 19.7 Å². The highest BCUT2D eigenvalue weighted by Gasteiger charge is 2.26. The van der Waals surface area contributed by atoms with Gasteiger partial charge >= 0.3 is 5.97 Å². The summed E-state index contributed by atoms with van der Waals surface area (Å²) in [6, 6.07) is 6.97. The number of benzene rings is 1. The average molecular weight is 401 g/mol. The van der Waals surface area contributed by atoms with Crippen molar-refractivity contribution in [3.8, 4) is 0 Å². The third-order valence-electron chi connectivity index (χ3n) is 3.87. The first-order chi connectivity index (χ1) is 13.7. The summed E-state index contributed by atoms with van der Waals surface area (Å²) in [6.45, 7) is 3.25. The SMILES string of the molecule is CC(C)C(NC(=O)/C(=C\c1ccc([N+](=O)[O-])cc1)NC(=O)c1ccco1)C(=O)O. The molecule has 0 saturated heterocycles. The van der Waals surface area contributed by atoms with E-state index in [1.165, 1.54) is 48.7 Å². The van der Waals surface area contributed by atoms with Crippen molar-refractivity contribution in [1.82, 2.24) is 10.6 Å². The molecule has 2 aromatic rings. The van der Waals surface area contributed by atoms with E-state index in [0.29, 0.717) is 5.56 Å². The Morgan fingerprint density at radius 3 is 2.31 bits per heavy atom. The normalized spacial score (nSPS) is 12.3. The van der Waals surface area contributed by atoms with Crippen molar-refractivity contribution >= 4 is 29.5 Å². The number of hydrogen-bond acceptors (Lipinski definition) is 6. The van der Waals surface area contributed by atoms with Gasteiger partial charge in [-0.05, 0) is 41.8 Å². The summed E-state index contributed by atoms with van der Waals surface area (Å²) in [4.78, 5) is 46.5. The highest BCUT2D eigenvalue weighted by molar-refractivity contribution is 6.05. The van der Waals surface area contributed by atoms with Crippen LogP contribution in [0.25, 0.3) is 6.08 Å². The van der Waals surface area contributed by atoms with Gasteiger partial charge < -0.3 is 20.2 Å². The Kier molecular flexibility index (Phi) is 6.85. The number of nitro benzene ring substituents is 1. The zero-order valence-electron chi connectivity index (χ0n) is 15.6. The minimum Gasteiger partial charge on any atom is -0.480 e. The smallest absolute Gasteiger partial charge is 0.326 e. The molecule has 152 valence electrons. The van der Waals surface area contributed by atoms with E-state index in [0.717, 1.165) is 0 Å². The van der Waals surface area contributed by atoms with Crippen LogP contribution in [0.2, 0.25) is 0 Å². The lowest BCUT2D eigenvalue weighted by Crippen LogP contribution is -2.47. The highest BCUT2D eigenvalue weighted by Crippen LogP contribution is 2.15. The van der Waals surface area contributed by atoms with Gasteiger partial charge in [0.2, 0.25) is 0 Å². The molecule has 0 aliphatic heterocycles. The summed E-state index contributed by atoms with van der Waals surface area (Å²) in [5.74, 6) is -3.22. The zero-order chi connectivity index (χ0) is 21.6. The number of carbonyl (C=O) groups excluding carboxylic acids is 2. The Hall–Kier alpha value is -3.95. The van der Waals surface area contributed by atoms with E-state index >= 15 is 0 Å². The quantitative estimate of drug-likeness (QED) is 0.348. The zero-order valence-corrected chi connectivity index (χ0v) is 15.6. The molecule has 10 heteroatoms. The van der Waals surface area contributed by atoms with Crippen LogP contribution in [-0.4, -0.2) is 33.9 Å². The molecule has 0 fully saturated rings. The maximum atomic E-state index is 12.7. The van der Waals surface area contributed by atoms with Crippen molar-refractivity contribution < 1.29 is 28.8 Å². The van der Waals surface area contributed by atoms with Crippen LogP contribution >= 0.6 is 0 Å². The number of rotatable bonds is 8. The third-order valence-corrected chi connectivity index (χ3v) is 3.87. The fourth-order valence-corrected chi connectivity index (χ4v) is 2.34. The van der Waals surface area contributed by atoms with Crippen molar-refractivity contribution in [2.45, 2.75) is 19.9 Å². The van der Waals surface area contributed by atoms with Gasteiger partial charge in [0.25, 0.3) is 17.5 Å². The highest BCUT2D eigenvalue weighted by atomic mass is 16.6. The van der Waals surface area contributed by atoms with Gasteiger partial charge in [0, 0.05) is 12.1 Å². The van der Waals surface area contributed by atoms with E-state index in [4.69, 9.17) is 4.42 Å². The summed E-state index contributed by atoms with van der Waals surface area (Å²) < 4.78 is 4.99. The number of furan rings is 1. The number of nitrogens with one attached hydrogen (secondary N) is 2. The molecule has 10 nitrogen and oxygen atoms in total. The van der Waals surface area contributed by atoms with Gasteiger partial charge in [0.1, 0.15) is 11.7 Å². The molecular weight excluding hydrogens is 382 g/mol. The van der Waals surface area contributed by atoms with Crippen molar-refractivity contribution in [2.75, 3.05) is 0 Å². The minimum atomic E-state index is -1.22. The van der Waals surface area contributed by atoms with Gasteiger partial charge in [0.05, 0.1) is 11.2 Å². The number of nitro groups is 1. The Labute approximate surface area is 165 Å². The Balaban J connectivity index is 2.33. The Morgan fingerprint density at radius 1 is 1.17 bits per heavy atom. The van der Waals surface area contributed by atoms with Crippen molar-refractivity contribution in [3.05, 3.63) is 69.8 Å². The van der Waals surface area contributed by atoms with Gasteiger partial charge in [-0.1, -0.05) is 13.8 Å². The standard InChI is InChI=1S/C19H19N3O7/c1-11(2)16(19(25)26)21-17(23)14(20-18(24)15-4-3-9-29-15)10-12-5-7-13(8-6-12)22(27)28/h3-11,16H,1-2H3,(H,20,24)(H,21,23)(H,25,26)/b14-10+. The van der Waals surface area contributed by atoms with E-state index in [2.05, 4.69) is 10.6 Å². The molecule has 0 spiro atoms. The van der Waals surface area contributed by atoms with Crippen LogP contribution in [-0.2, 0) is 9.59 Å². The molecule has 1 aromatic carbocycles. The molecule has 0 saturated carbocycles. The largest absolute Gasteiger partial charge is 0.480 e. The van der Waals surface area contributed by atoms with Gasteiger partial charge in [-0.2, -0.15) is 0 Å². The van der Waals surface area contributed by atoms with Crippen LogP contribution in [0, 0.1) is 16.0 Å². The van der Waals surface area contributed by atoms with Crippen LogP contribution in [0.5, 0.6) is 0 Å².